The first-order chi connectivity index (χ1) is 52.9. The number of ether oxygens (including phenoxy) is 7. The number of Topliss-reactive ketones (excluding diaryl/α,β-unsaturated/α-hetero) is 1. The standard InChI is InChI=1S/C90H103N3O18/c1-51-45-64(53(3)69(96)46-51)36-33-59-27-20-44-87(9)67(41-42-68(59)87)52(2)28-43-70(60-34-35-60)108-84(102)91-65-37-29-57(30-38-65)47-58-31-39-66(40-32-58)92-85(103)109-72-48-73-89(50-105-73,111-56(6)95)78-80(110-82(100)63-25-18-13-19-26-63)90(104)49-71(54(4)74(86(90,7)8)77(106-55(5)94)79(98)88(72,78)10)107-83(101)76(97)75(61-21-14-11-15-22-61)93-81(99)62-23-16-12-17-24-62/h11-19,21-26,28-33,36-40,43,51-52,60,67-73,75-78,80,96-97,104H,3,20,27,34-35,41-42,44-50H2,1-2,4-10H3,(H,91,102)(H,92,103)(H,93,99)/b43-28+,59-33+,64-36-/t51-,52+,67?,68?,69+,70?,71?,72?,73?,75?,76?,77?,78?,80?,87-,88?,89?,90?/m1/s1. The zero-order chi connectivity index (χ0) is 79.1. The highest BCUT2D eigenvalue weighted by atomic mass is 16.6. The van der Waals surface area contributed by atoms with Crippen LogP contribution in [0, 0.1) is 51.8 Å². The molecular formula is C90H103N3O18. The number of nitrogens with one attached hydrogen (secondary N) is 3. The van der Waals surface area contributed by atoms with Crippen molar-refractivity contribution in [2.45, 2.75) is 205 Å². The van der Waals surface area contributed by atoms with E-state index in [4.69, 9.17) is 33.2 Å². The predicted molar refractivity (Wildman–Crippen MR) is 414 cm³/mol. The number of aliphatic hydroxyl groups excluding tert-OH is 2. The van der Waals surface area contributed by atoms with Crippen molar-refractivity contribution in [3.05, 3.63) is 226 Å². The fourth-order valence-corrected chi connectivity index (χ4v) is 19.5. The molecule has 2 bridgehead atoms. The normalized spacial score (nSPS) is 31.1. The zero-order valence-electron chi connectivity index (χ0n) is 64.6. The number of anilines is 2. The molecule has 21 nitrogen and oxygen atoms in total. The quantitative estimate of drug-likeness (QED) is 0.0226. The van der Waals surface area contributed by atoms with Crippen LogP contribution in [0.3, 0.4) is 0 Å². The van der Waals surface area contributed by atoms with Crippen LogP contribution in [0.4, 0.5) is 21.0 Å². The molecule has 1 aliphatic heterocycles. The van der Waals surface area contributed by atoms with Crippen LogP contribution in [-0.2, 0) is 58.8 Å². The number of hydrogen-bond acceptors (Lipinski definition) is 18. The van der Waals surface area contributed by atoms with Crippen molar-refractivity contribution in [1.29, 1.82) is 0 Å². The molecule has 1 saturated heterocycles. The third-order valence-corrected chi connectivity index (χ3v) is 25.6. The van der Waals surface area contributed by atoms with Gasteiger partial charge in [0.1, 0.15) is 36.1 Å². The lowest BCUT2D eigenvalue weighted by Gasteiger charge is -2.67. The van der Waals surface area contributed by atoms with E-state index in [0.717, 1.165) is 81.9 Å². The Morgan fingerprint density at radius 3 is 1.95 bits per heavy atom. The Morgan fingerprint density at radius 2 is 1.35 bits per heavy atom. The van der Waals surface area contributed by atoms with E-state index in [1.54, 1.807) is 105 Å². The lowest BCUT2D eigenvalue weighted by Crippen LogP contribution is -2.82. The minimum absolute atomic E-state index is 0.0153. The Morgan fingerprint density at radius 1 is 0.730 bits per heavy atom. The van der Waals surface area contributed by atoms with Crippen molar-refractivity contribution >= 4 is 59.1 Å². The van der Waals surface area contributed by atoms with Gasteiger partial charge in [-0.2, -0.15) is 0 Å². The maximum Gasteiger partial charge on any atom is 0.412 e. The molecule has 18 atom stereocenters. The number of ketones is 1. The third kappa shape index (κ3) is 15.9. The van der Waals surface area contributed by atoms with Gasteiger partial charge in [-0.25, -0.2) is 19.2 Å². The molecular weight excluding hydrogens is 1410 g/mol. The predicted octanol–water partition coefficient (Wildman–Crippen LogP) is 14.5. The first-order valence-corrected chi connectivity index (χ1v) is 39.0. The number of benzene rings is 5. The summed E-state index contributed by atoms with van der Waals surface area (Å²) in [6, 6.07) is 37.2. The highest BCUT2D eigenvalue weighted by Crippen LogP contribution is 2.66. The average molecular weight is 1510 g/mol. The molecule has 14 unspecified atom stereocenters. The SMILES string of the molecule is C=C1/C(=C\C=C2/CCC[C@@]3(C)C2CCC3[C@@H](C)/C=C/C(OC(=O)Nc2ccc(Cc3ccc(NC(=O)OC4CC5OCC5(OC(C)=O)C5C(OC(=O)c6ccccc6)C6(O)CC(OC(=O)C(O)C(NC(=O)c7ccccc7)c7ccccc7)C(C)=C(C(OC(C)=O)C(=O)C45C)C6(C)C)cc3)cc2)C2CC2)C[C@@H](C)C[C@@H]1O. The van der Waals surface area contributed by atoms with Crippen LogP contribution in [0.1, 0.15) is 176 Å². The van der Waals surface area contributed by atoms with Crippen LogP contribution in [0.25, 0.3) is 0 Å². The highest BCUT2D eigenvalue weighted by Gasteiger charge is 2.79. The first kappa shape index (κ1) is 79.3. The van der Waals surface area contributed by atoms with Crippen LogP contribution in [0.2, 0.25) is 0 Å². The summed E-state index contributed by atoms with van der Waals surface area (Å²) < 4.78 is 44.2. The van der Waals surface area contributed by atoms with E-state index in [9.17, 15) is 48.9 Å². The highest BCUT2D eigenvalue weighted by molar-refractivity contribution is 5.97. The minimum Gasteiger partial charge on any atom is -0.456 e. The van der Waals surface area contributed by atoms with Crippen molar-refractivity contribution in [1.82, 2.24) is 5.32 Å². The van der Waals surface area contributed by atoms with E-state index in [1.807, 2.05) is 36.4 Å². The summed E-state index contributed by atoms with van der Waals surface area (Å²) in [5, 5.41) is 45.5. The summed E-state index contributed by atoms with van der Waals surface area (Å²) in [6.07, 6.45) is 5.16. The molecule has 5 aromatic rings. The molecule has 0 radical (unpaired) electrons. The number of aliphatic hydroxyl groups is 3. The molecule has 7 aliphatic carbocycles. The molecule has 13 rings (SSSR count). The topological polar surface area (TPSA) is 298 Å². The molecule has 1 heterocycles. The Kier molecular flexibility index (Phi) is 22.9. The number of esters is 4. The van der Waals surface area contributed by atoms with E-state index in [1.165, 1.54) is 43.5 Å². The van der Waals surface area contributed by atoms with Crippen molar-refractivity contribution < 1.29 is 86.8 Å². The number of carbonyl (C=O) groups excluding carboxylic acids is 8. The Bertz CT molecular complexity index is 4490. The Balaban J connectivity index is 0.712. The number of amides is 3. The van der Waals surface area contributed by atoms with E-state index < -0.39 is 138 Å². The molecule has 111 heavy (non-hydrogen) atoms. The van der Waals surface area contributed by atoms with Gasteiger partial charge in [0.15, 0.2) is 23.6 Å². The van der Waals surface area contributed by atoms with E-state index >= 15 is 4.79 Å². The molecule has 8 aliphatic rings. The second-order valence-electron chi connectivity index (χ2n) is 33.1. The van der Waals surface area contributed by atoms with Gasteiger partial charge >= 0.3 is 36.1 Å². The summed E-state index contributed by atoms with van der Waals surface area (Å²) in [7, 11) is 0. The maximum absolute atomic E-state index is 16.6. The number of rotatable bonds is 21. The van der Waals surface area contributed by atoms with Crippen molar-refractivity contribution in [2.75, 3.05) is 17.2 Å². The number of fused-ring (bicyclic) bond motifs is 6. The largest absolute Gasteiger partial charge is 0.456 e. The van der Waals surface area contributed by atoms with Gasteiger partial charge in [-0.15, -0.1) is 0 Å². The van der Waals surface area contributed by atoms with Crippen LogP contribution >= 0.6 is 0 Å². The van der Waals surface area contributed by atoms with Crippen LogP contribution in [0.5, 0.6) is 0 Å². The smallest absolute Gasteiger partial charge is 0.412 e. The lowest BCUT2D eigenvalue weighted by molar-refractivity contribution is -0.345. The van der Waals surface area contributed by atoms with Crippen LogP contribution in [-0.4, -0.2) is 130 Å². The van der Waals surface area contributed by atoms with E-state index in [2.05, 4.69) is 67.6 Å². The molecule has 0 aromatic heterocycles. The van der Waals surface area contributed by atoms with Gasteiger partial charge in [0.2, 0.25) is 0 Å². The average Bonchev–Trinajstić information content (AvgIpc) is 1.28. The second-order valence-corrected chi connectivity index (χ2v) is 33.1. The second kappa shape index (κ2) is 32.1. The fourth-order valence-electron chi connectivity index (χ4n) is 19.5. The summed E-state index contributed by atoms with van der Waals surface area (Å²) in [5.41, 5.74) is -1.51. The summed E-state index contributed by atoms with van der Waals surface area (Å²) in [5.74, 6) is -5.33. The molecule has 7 fully saturated rings. The van der Waals surface area contributed by atoms with Gasteiger partial charge in [0, 0.05) is 49.0 Å². The monoisotopic (exact) mass is 1510 g/mol. The van der Waals surface area contributed by atoms with E-state index in [-0.39, 0.29) is 46.1 Å². The summed E-state index contributed by atoms with van der Waals surface area (Å²) in [6.45, 7) is 19.1. The van der Waals surface area contributed by atoms with E-state index in [0.29, 0.717) is 47.0 Å². The lowest BCUT2D eigenvalue weighted by atomic mass is 9.44. The molecule has 3 amide bonds. The minimum atomic E-state index is -2.54. The maximum atomic E-state index is 16.6. The zero-order valence-corrected chi connectivity index (χ0v) is 64.6. The van der Waals surface area contributed by atoms with Gasteiger partial charge in [-0.3, -0.25) is 29.8 Å². The summed E-state index contributed by atoms with van der Waals surface area (Å²) in [4.78, 5) is 116. The van der Waals surface area contributed by atoms with Gasteiger partial charge in [0.25, 0.3) is 5.91 Å². The number of allylic oxidation sites excluding steroid dienone is 4. The van der Waals surface area contributed by atoms with Gasteiger partial charge in [0.05, 0.1) is 35.6 Å². The number of carbonyl (C=O) groups is 8. The Hall–Kier alpha value is -9.80. The van der Waals surface area contributed by atoms with Gasteiger partial charge < -0.3 is 53.8 Å². The van der Waals surface area contributed by atoms with Crippen LogP contribution in [0.15, 0.2) is 198 Å². The molecule has 6 N–H and O–H groups in total. The molecule has 5 aromatic carbocycles. The third-order valence-electron chi connectivity index (χ3n) is 25.6. The van der Waals surface area contributed by atoms with Gasteiger partial charge in [-0.1, -0.05) is 156 Å². The molecule has 586 valence electrons. The molecule has 0 spiro atoms. The molecule has 6 saturated carbocycles. The van der Waals surface area contributed by atoms with Crippen molar-refractivity contribution in [3.63, 3.8) is 0 Å². The fraction of sp³-hybridized carbons (Fsp3) is 0.467. The van der Waals surface area contributed by atoms with Gasteiger partial charge in [-0.05, 0) is 207 Å². The van der Waals surface area contributed by atoms with Crippen molar-refractivity contribution in [2.24, 2.45) is 51.8 Å². The summed E-state index contributed by atoms with van der Waals surface area (Å²) >= 11 is 0. The molecule has 21 heteroatoms. The van der Waals surface area contributed by atoms with Crippen LogP contribution < -0.4 is 16.0 Å². The van der Waals surface area contributed by atoms with Crippen molar-refractivity contribution in [3.8, 4) is 0 Å². The first-order valence-electron chi connectivity index (χ1n) is 39.0. The number of hydrogen-bond donors (Lipinski definition) is 6. The Labute approximate surface area is 648 Å².